The van der Waals surface area contributed by atoms with Crippen LogP contribution >= 0.6 is 27.3 Å². The van der Waals surface area contributed by atoms with E-state index in [9.17, 15) is 0 Å². The third-order valence-electron chi connectivity index (χ3n) is 2.70. The summed E-state index contributed by atoms with van der Waals surface area (Å²) in [6.07, 6.45) is 4.04. The van der Waals surface area contributed by atoms with E-state index in [0.29, 0.717) is 0 Å². The Labute approximate surface area is 98.2 Å². The zero-order valence-corrected chi connectivity index (χ0v) is 10.7. The molecule has 1 heterocycles. The summed E-state index contributed by atoms with van der Waals surface area (Å²) >= 11 is 5.33. The van der Waals surface area contributed by atoms with Crippen molar-refractivity contribution in [1.82, 2.24) is 4.90 Å². The fourth-order valence-electron chi connectivity index (χ4n) is 1.73. The van der Waals surface area contributed by atoms with Crippen LogP contribution in [0.3, 0.4) is 0 Å². The summed E-state index contributed by atoms with van der Waals surface area (Å²) in [5.41, 5.74) is 1.50. The van der Waals surface area contributed by atoms with Gasteiger partial charge in [0.15, 0.2) is 0 Å². The van der Waals surface area contributed by atoms with Gasteiger partial charge in [0.1, 0.15) is 0 Å². The topological polar surface area (TPSA) is 3.24 Å². The second-order valence-electron chi connectivity index (χ2n) is 3.84. The summed E-state index contributed by atoms with van der Waals surface area (Å²) in [7, 11) is 0. The van der Waals surface area contributed by atoms with Crippen molar-refractivity contribution in [1.29, 1.82) is 0 Å². The summed E-state index contributed by atoms with van der Waals surface area (Å²) < 4.78 is 0. The van der Waals surface area contributed by atoms with Crippen LogP contribution in [0, 0.1) is 0 Å². The zero-order valence-electron chi connectivity index (χ0n) is 8.29. The first-order valence-corrected chi connectivity index (χ1v) is 7.27. The number of hydrogen-bond acceptors (Lipinski definition) is 2. The Balaban J connectivity index is 1.76. The van der Waals surface area contributed by atoms with Gasteiger partial charge in [-0.15, -0.1) is 0 Å². The lowest BCUT2D eigenvalue weighted by molar-refractivity contribution is 0.284. The minimum atomic E-state index is 0.895. The highest BCUT2D eigenvalue weighted by Crippen LogP contribution is 2.26. The Morgan fingerprint density at radius 3 is 2.86 bits per heavy atom. The minimum absolute atomic E-state index is 0.895. The Morgan fingerprint density at radius 2 is 2.29 bits per heavy atom. The molecule has 1 aromatic rings. The van der Waals surface area contributed by atoms with Gasteiger partial charge in [0.05, 0.1) is 0 Å². The number of thiophene rings is 1. The van der Waals surface area contributed by atoms with Gasteiger partial charge in [-0.2, -0.15) is 11.3 Å². The van der Waals surface area contributed by atoms with Crippen LogP contribution in [0.2, 0.25) is 0 Å². The molecule has 0 aliphatic heterocycles. The molecule has 0 spiro atoms. The highest BCUT2D eigenvalue weighted by molar-refractivity contribution is 9.09. The molecule has 0 unspecified atom stereocenters. The lowest BCUT2D eigenvalue weighted by Crippen LogP contribution is -2.30. The van der Waals surface area contributed by atoms with E-state index in [1.807, 2.05) is 0 Å². The van der Waals surface area contributed by atoms with Gasteiger partial charge in [0.2, 0.25) is 0 Å². The van der Waals surface area contributed by atoms with Crippen LogP contribution in [0.1, 0.15) is 18.4 Å². The molecule has 1 fully saturated rings. The Kier molecular flexibility index (Phi) is 4.02. The van der Waals surface area contributed by atoms with Crippen molar-refractivity contribution in [2.24, 2.45) is 0 Å². The molecule has 0 radical (unpaired) electrons. The number of hydrogen-bond donors (Lipinski definition) is 0. The molecular weight excluding hydrogens is 258 g/mol. The van der Waals surface area contributed by atoms with Gasteiger partial charge in [0, 0.05) is 24.5 Å². The normalized spacial score (nSPS) is 16.4. The SMILES string of the molecule is BrCCN(CCc1ccsc1)C1CC1. The van der Waals surface area contributed by atoms with Gasteiger partial charge in [-0.25, -0.2) is 0 Å². The molecular formula is C11H16BrNS. The van der Waals surface area contributed by atoms with Crippen LogP contribution in [0.25, 0.3) is 0 Å². The van der Waals surface area contributed by atoms with Crippen molar-refractivity contribution in [3.05, 3.63) is 22.4 Å². The molecule has 1 nitrogen and oxygen atoms in total. The summed E-state index contributed by atoms with van der Waals surface area (Å²) in [5, 5.41) is 5.54. The van der Waals surface area contributed by atoms with Gasteiger partial charge in [0.25, 0.3) is 0 Å². The van der Waals surface area contributed by atoms with E-state index in [0.717, 1.165) is 11.4 Å². The van der Waals surface area contributed by atoms with E-state index in [1.165, 1.54) is 37.9 Å². The van der Waals surface area contributed by atoms with E-state index in [2.05, 4.69) is 37.7 Å². The molecule has 2 rings (SSSR count). The molecule has 1 aromatic heterocycles. The van der Waals surface area contributed by atoms with E-state index < -0.39 is 0 Å². The van der Waals surface area contributed by atoms with Gasteiger partial charge in [-0.3, -0.25) is 4.90 Å². The molecule has 0 N–H and O–H groups in total. The predicted molar refractivity (Wildman–Crippen MR) is 66.4 cm³/mol. The summed E-state index contributed by atoms with van der Waals surface area (Å²) in [5.74, 6) is 0. The number of rotatable bonds is 6. The molecule has 1 saturated carbocycles. The lowest BCUT2D eigenvalue weighted by Gasteiger charge is -2.20. The summed E-state index contributed by atoms with van der Waals surface area (Å²) in [6, 6.07) is 3.13. The molecule has 0 atom stereocenters. The van der Waals surface area contributed by atoms with Crippen LogP contribution in [0.15, 0.2) is 16.8 Å². The van der Waals surface area contributed by atoms with Crippen molar-refractivity contribution in [2.45, 2.75) is 25.3 Å². The van der Waals surface area contributed by atoms with Crippen molar-refractivity contribution in [2.75, 3.05) is 18.4 Å². The quantitative estimate of drug-likeness (QED) is 0.720. The first kappa shape index (κ1) is 10.7. The molecule has 0 aromatic carbocycles. The van der Waals surface area contributed by atoms with E-state index in [4.69, 9.17) is 0 Å². The van der Waals surface area contributed by atoms with Crippen molar-refractivity contribution >= 4 is 27.3 Å². The van der Waals surface area contributed by atoms with Gasteiger partial charge in [-0.05, 0) is 41.7 Å². The predicted octanol–water partition coefficient (Wildman–Crippen LogP) is 3.15. The third-order valence-corrected chi connectivity index (χ3v) is 3.79. The van der Waals surface area contributed by atoms with E-state index >= 15 is 0 Å². The van der Waals surface area contributed by atoms with E-state index in [-0.39, 0.29) is 0 Å². The molecule has 0 bridgehead atoms. The maximum absolute atomic E-state index is 3.53. The van der Waals surface area contributed by atoms with Crippen molar-refractivity contribution in [3.63, 3.8) is 0 Å². The smallest absolute Gasteiger partial charge is 0.0159 e. The molecule has 14 heavy (non-hydrogen) atoms. The second-order valence-corrected chi connectivity index (χ2v) is 5.41. The van der Waals surface area contributed by atoms with Gasteiger partial charge in [-0.1, -0.05) is 15.9 Å². The Hall–Kier alpha value is 0.140. The van der Waals surface area contributed by atoms with Crippen LogP contribution in [-0.4, -0.2) is 29.4 Å². The van der Waals surface area contributed by atoms with Crippen molar-refractivity contribution < 1.29 is 0 Å². The average Bonchev–Trinajstić information content (AvgIpc) is 2.90. The molecule has 1 aliphatic rings. The Bertz CT molecular complexity index is 256. The highest BCUT2D eigenvalue weighted by Gasteiger charge is 2.27. The molecule has 0 amide bonds. The fraction of sp³-hybridized carbons (Fsp3) is 0.636. The first-order valence-electron chi connectivity index (χ1n) is 5.21. The minimum Gasteiger partial charge on any atom is -0.299 e. The highest BCUT2D eigenvalue weighted by atomic mass is 79.9. The van der Waals surface area contributed by atoms with Crippen LogP contribution in [0.4, 0.5) is 0 Å². The maximum Gasteiger partial charge on any atom is 0.0159 e. The summed E-state index contributed by atoms with van der Waals surface area (Å²) in [4.78, 5) is 2.62. The zero-order chi connectivity index (χ0) is 9.80. The van der Waals surface area contributed by atoms with Crippen LogP contribution in [-0.2, 0) is 6.42 Å². The lowest BCUT2D eigenvalue weighted by atomic mass is 10.2. The third kappa shape index (κ3) is 3.07. The first-order chi connectivity index (χ1) is 6.90. The second kappa shape index (κ2) is 5.29. The number of nitrogens with zero attached hydrogens (tertiary/aromatic N) is 1. The molecule has 78 valence electrons. The largest absolute Gasteiger partial charge is 0.299 e. The van der Waals surface area contributed by atoms with Crippen LogP contribution in [0.5, 0.6) is 0 Å². The number of alkyl halides is 1. The van der Waals surface area contributed by atoms with Gasteiger partial charge < -0.3 is 0 Å². The number of halogens is 1. The Morgan fingerprint density at radius 1 is 1.43 bits per heavy atom. The molecule has 3 heteroatoms. The standard InChI is InChI=1S/C11H16BrNS/c12-5-7-13(11-1-2-11)6-3-10-4-8-14-9-10/h4,8-9,11H,1-3,5-7H2. The maximum atomic E-state index is 3.53. The van der Waals surface area contributed by atoms with E-state index in [1.54, 1.807) is 11.3 Å². The molecule has 0 saturated heterocycles. The fourth-order valence-corrected chi connectivity index (χ4v) is 2.89. The van der Waals surface area contributed by atoms with Crippen LogP contribution < -0.4 is 0 Å². The van der Waals surface area contributed by atoms with Crippen molar-refractivity contribution in [3.8, 4) is 0 Å². The summed E-state index contributed by atoms with van der Waals surface area (Å²) in [6.45, 7) is 2.43. The molecule has 1 aliphatic carbocycles. The monoisotopic (exact) mass is 273 g/mol. The average molecular weight is 274 g/mol. The van der Waals surface area contributed by atoms with Gasteiger partial charge >= 0.3 is 0 Å².